The van der Waals surface area contributed by atoms with Gasteiger partial charge in [-0.2, -0.15) is 0 Å². The van der Waals surface area contributed by atoms with Crippen molar-refractivity contribution in [3.05, 3.63) is 24.2 Å². The van der Waals surface area contributed by atoms with E-state index in [1.54, 1.807) is 11.0 Å². The highest BCUT2D eigenvalue weighted by molar-refractivity contribution is 5.93. The molecule has 1 fully saturated rings. The second kappa shape index (κ2) is 5.01. The van der Waals surface area contributed by atoms with Crippen molar-refractivity contribution in [1.29, 1.82) is 0 Å². The fraction of sp³-hybridized carbons (Fsp3) is 0.455. The number of rotatable bonds is 3. The van der Waals surface area contributed by atoms with E-state index in [2.05, 4.69) is 0 Å². The van der Waals surface area contributed by atoms with E-state index >= 15 is 0 Å². The van der Waals surface area contributed by atoms with Crippen molar-refractivity contribution in [3.63, 3.8) is 0 Å². The maximum atomic E-state index is 11.9. The molecular weight excluding hydrogens is 222 g/mol. The second-order valence-electron chi connectivity index (χ2n) is 4.05. The Hall–Kier alpha value is -1.82. The molecule has 92 valence electrons. The first-order valence-electron chi connectivity index (χ1n) is 5.49. The summed E-state index contributed by atoms with van der Waals surface area (Å²) < 4.78 is 4.88. The first kappa shape index (κ1) is 11.7. The normalized spacial score (nSPS) is 17.1. The average Bonchev–Trinajstić information content (AvgIpc) is 2.82. The first-order valence-corrected chi connectivity index (χ1v) is 5.49. The number of nitrogens with two attached hydrogens (primary N) is 1. The summed E-state index contributed by atoms with van der Waals surface area (Å²) in [6.45, 7) is 2.82. The van der Waals surface area contributed by atoms with Crippen LogP contribution in [0.5, 0.6) is 0 Å². The number of primary amides is 1. The number of carbonyl (C=O) groups is 2. The molecule has 6 heteroatoms. The molecule has 6 nitrogen and oxygen atoms in total. The molecule has 1 aliphatic heterocycles. The van der Waals surface area contributed by atoms with Crippen LogP contribution in [0.2, 0.25) is 0 Å². The average molecular weight is 237 g/mol. The third-order valence-corrected chi connectivity index (χ3v) is 2.81. The Balaban J connectivity index is 1.87. The molecule has 0 saturated carbocycles. The lowest BCUT2D eigenvalue weighted by atomic mass is 10.2. The summed E-state index contributed by atoms with van der Waals surface area (Å²) in [6.07, 6.45) is 2.93. The quantitative estimate of drug-likeness (QED) is 0.770. The Kier molecular flexibility index (Phi) is 3.43. The Labute approximate surface area is 99.0 Å². The van der Waals surface area contributed by atoms with Gasteiger partial charge in [-0.25, -0.2) is 0 Å². The van der Waals surface area contributed by atoms with Gasteiger partial charge in [-0.1, -0.05) is 0 Å². The van der Waals surface area contributed by atoms with Crippen molar-refractivity contribution in [1.82, 2.24) is 9.80 Å². The highest BCUT2D eigenvalue weighted by Gasteiger charge is 2.23. The smallest absolute Gasteiger partial charge is 0.257 e. The van der Waals surface area contributed by atoms with Crippen LogP contribution in [0.3, 0.4) is 0 Å². The molecule has 1 aromatic heterocycles. The number of amides is 2. The van der Waals surface area contributed by atoms with E-state index in [0.717, 1.165) is 0 Å². The van der Waals surface area contributed by atoms with Gasteiger partial charge in [-0.05, 0) is 6.07 Å². The minimum Gasteiger partial charge on any atom is -0.472 e. The van der Waals surface area contributed by atoms with Gasteiger partial charge in [0, 0.05) is 26.2 Å². The summed E-state index contributed by atoms with van der Waals surface area (Å²) in [7, 11) is 0. The third-order valence-electron chi connectivity index (χ3n) is 2.81. The fourth-order valence-electron chi connectivity index (χ4n) is 1.90. The van der Waals surface area contributed by atoms with Crippen LogP contribution in [-0.4, -0.2) is 54.3 Å². The second-order valence-corrected chi connectivity index (χ2v) is 4.05. The van der Waals surface area contributed by atoms with Crippen molar-refractivity contribution in [3.8, 4) is 0 Å². The molecule has 0 spiro atoms. The number of hydrogen-bond acceptors (Lipinski definition) is 4. The molecule has 0 atom stereocenters. The Bertz CT molecular complexity index is 394. The van der Waals surface area contributed by atoms with E-state index in [9.17, 15) is 9.59 Å². The maximum Gasteiger partial charge on any atom is 0.257 e. The molecule has 2 rings (SSSR count). The van der Waals surface area contributed by atoms with Crippen LogP contribution in [0.25, 0.3) is 0 Å². The summed E-state index contributed by atoms with van der Waals surface area (Å²) in [4.78, 5) is 26.4. The predicted octanol–water partition coefficient (Wildman–Crippen LogP) is -0.477. The molecule has 2 N–H and O–H groups in total. The number of piperazine rings is 1. The largest absolute Gasteiger partial charge is 0.472 e. The van der Waals surface area contributed by atoms with E-state index in [-0.39, 0.29) is 18.4 Å². The number of furan rings is 1. The minimum absolute atomic E-state index is 0.0301. The van der Waals surface area contributed by atoms with E-state index in [0.29, 0.717) is 31.7 Å². The van der Waals surface area contributed by atoms with Crippen LogP contribution >= 0.6 is 0 Å². The highest BCUT2D eigenvalue weighted by Crippen LogP contribution is 2.08. The van der Waals surface area contributed by atoms with Crippen LogP contribution < -0.4 is 5.73 Å². The SMILES string of the molecule is NC(=O)CN1CCN(C(=O)c2ccoc2)CC1. The van der Waals surface area contributed by atoms with Crippen molar-refractivity contribution in [2.45, 2.75) is 0 Å². The molecule has 0 radical (unpaired) electrons. The van der Waals surface area contributed by atoms with Gasteiger partial charge >= 0.3 is 0 Å². The number of nitrogens with zero attached hydrogens (tertiary/aromatic N) is 2. The van der Waals surface area contributed by atoms with Crippen LogP contribution in [0, 0.1) is 0 Å². The molecule has 1 aromatic rings. The molecule has 1 saturated heterocycles. The van der Waals surface area contributed by atoms with Crippen LogP contribution in [0.4, 0.5) is 0 Å². The van der Waals surface area contributed by atoms with Crippen molar-refractivity contribution in [2.24, 2.45) is 5.73 Å². The monoisotopic (exact) mass is 237 g/mol. The van der Waals surface area contributed by atoms with E-state index in [1.807, 2.05) is 4.90 Å². The topological polar surface area (TPSA) is 79.8 Å². The van der Waals surface area contributed by atoms with Gasteiger partial charge in [0.05, 0.1) is 18.4 Å². The molecule has 2 heterocycles. The summed E-state index contributed by atoms with van der Waals surface area (Å²) in [5.41, 5.74) is 5.68. The molecule has 17 heavy (non-hydrogen) atoms. The lowest BCUT2D eigenvalue weighted by Gasteiger charge is -2.33. The molecule has 0 aromatic carbocycles. The van der Waals surface area contributed by atoms with E-state index in [4.69, 9.17) is 10.2 Å². The van der Waals surface area contributed by atoms with Crippen molar-refractivity contribution >= 4 is 11.8 Å². The lowest BCUT2D eigenvalue weighted by molar-refractivity contribution is -0.119. The van der Waals surface area contributed by atoms with Gasteiger partial charge in [-0.3, -0.25) is 14.5 Å². The predicted molar refractivity (Wildman–Crippen MR) is 60.2 cm³/mol. The molecule has 0 bridgehead atoms. The summed E-state index contributed by atoms with van der Waals surface area (Å²) >= 11 is 0. The fourth-order valence-corrected chi connectivity index (χ4v) is 1.90. The number of hydrogen-bond donors (Lipinski definition) is 1. The summed E-state index contributed by atoms with van der Waals surface area (Å²) in [5.74, 6) is -0.364. The molecule has 2 amide bonds. The Morgan fingerprint density at radius 2 is 2.00 bits per heavy atom. The zero-order valence-electron chi connectivity index (χ0n) is 9.46. The zero-order chi connectivity index (χ0) is 12.3. The van der Waals surface area contributed by atoms with Gasteiger partial charge in [0.25, 0.3) is 5.91 Å². The first-order chi connectivity index (χ1) is 8.16. The molecular formula is C11H15N3O3. The molecule has 1 aliphatic rings. The Morgan fingerprint density at radius 1 is 1.29 bits per heavy atom. The Morgan fingerprint density at radius 3 is 2.53 bits per heavy atom. The van der Waals surface area contributed by atoms with Gasteiger partial charge in [-0.15, -0.1) is 0 Å². The van der Waals surface area contributed by atoms with Gasteiger partial charge in [0.15, 0.2) is 0 Å². The molecule has 0 unspecified atom stereocenters. The van der Waals surface area contributed by atoms with Crippen molar-refractivity contribution < 1.29 is 14.0 Å². The standard InChI is InChI=1S/C11H15N3O3/c12-10(15)7-13-2-4-14(5-3-13)11(16)9-1-6-17-8-9/h1,6,8H,2-5,7H2,(H2,12,15). The summed E-state index contributed by atoms with van der Waals surface area (Å²) in [6, 6.07) is 1.65. The lowest BCUT2D eigenvalue weighted by Crippen LogP contribution is -2.50. The van der Waals surface area contributed by atoms with Gasteiger partial charge in [0.1, 0.15) is 6.26 Å². The van der Waals surface area contributed by atoms with Gasteiger partial charge in [0.2, 0.25) is 5.91 Å². The van der Waals surface area contributed by atoms with Crippen LogP contribution in [0.15, 0.2) is 23.0 Å². The van der Waals surface area contributed by atoms with Crippen LogP contribution in [0.1, 0.15) is 10.4 Å². The van der Waals surface area contributed by atoms with Crippen LogP contribution in [-0.2, 0) is 4.79 Å². The summed E-state index contributed by atoms with van der Waals surface area (Å²) in [5, 5.41) is 0. The zero-order valence-corrected chi connectivity index (χ0v) is 9.46. The van der Waals surface area contributed by atoms with E-state index < -0.39 is 0 Å². The third kappa shape index (κ3) is 2.85. The molecule has 0 aliphatic carbocycles. The number of carbonyl (C=O) groups excluding carboxylic acids is 2. The van der Waals surface area contributed by atoms with Crippen molar-refractivity contribution in [2.75, 3.05) is 32.7 Å². The van der Waals surface area contributed by atoms with Gasteiger partial charge < -0.3 is 15.1 Å². The minimum atomic E-state index is -0.334. The maximum absolute atomic E-state index is 11.9. The highest BCUT2D eigenvalue weighted by atomic mass is 16.3. The van der Waals surface area contributed by atoms with E-state index in [1.165, 1.54) is 12.5 Å².